The zero-order valence-electron chi connectivity index (χ0n) is 19.7. The number of rotatable bonds is 8. The molecule has 0 unspecified atom stereocenters. The van der Waals surface area contributed by atoms with E-state index >= 15 is 0 Å². The molecular weight excluding hydrogens is 466 g/mol. The van der Waals surface area contributed by atoms with Crippen molar-refractivity contribution >= 4 is 27.3 Å². The lowest BCUT2D eigenvalue weighted by atomic mass is 10.1. The molecule has 0 saturated carbocycles. The van der Waals surface area contributed by atoms with Crippen LogP contribution in [0, 0.1) is 0 Å². The number of aromatic amines is 1. The maximum atomic E-state index is 13.2. The molecule has 182 valence electrons. The highest BCUT2D eigenvalue weighted by molar-refractivity contribution is 7.92. The van der Waals surface area contributed by atoms with Gasteiger partial charge in [0.1, 0.15) is 16.3 Å². The molecule has 10 heteroatoms. The summed E-state index contributed by atoms with van der Waals surface area (Å²) in [6.45, 7) is 3.87. The van der Waals surface area contributed by atoms with Crippen molar-refractivity contribution in [3.8, 4) is 5.69 Å². The Balaban J connectivity index is 1.59. The van der Waals surface area contributed by atoms with E-state index in [1.54, 1.807) is 42.1 Å². The Hall–Kier alpha value is -4.05. The number of hydrogen-bond acceptors (Lipinski definition) is 4. The van der Waals surface area contributed by atoms with Crippen LogP contribution in [-0.2, 0) is 29.9 Å². The number of hydrogen-bond donors (Lipinski definition) is 3. The molecule has 9 nitrogen and oxygen atoms in total. The first-order valence-corrected chi connectivity index (χ1v) is 12.7. The van der Waals surface area contributed by atoms with Crippen molar-refractivity contribution in [1.82, 2.24) is 14.3 Å². The molecule has 0 aliphatic carbocycles. The maximum absolute atomic E-state index is 13.2. The summed E-state index contributed by atoms with van der Waals surface area (Å²) < 4.78 is 31.4. The van der Waals surface area contributed by atoms with Gasteiger partial charge in [-0.3, -0.25) is 19.0 Å². The first-order valence-electron chi connectivity index (χ1n) is 11.2. The van der Waals surface area contributed by atoms with Gasteiger partial charge in [0.25, 0.3) is 21.5 Å². The van der Waals surface area contributed by atoms with E-state index < -0.39 is 15.9 Å². The number of para-hydroxylation sites is 1. The van der Waals surface area contributed by atoms with Crippen molar-refractivity contribution in [2.45, 2.75) is 31.6 Å². The van der Waals surface area contributed by atoms with Crippen molar-refractivity contribution in [2.24, 2.45) is 7.05 Å². The molecule has 0 spiro atoms. The standard InChI is InChI=1S/C25H27N5O4S/c1-4-17-10-9-11-18(14-17)28-35(33,34)20-15-21(26-16-20)24(31)27-23-22(5-2)29(3)30(25(23)32)19-12-7-6-8-13-19/h6-16,26,28H,4-5H2,1-3H3,(H,27,31). The molecule has 2 aromatic heterocycles. The molecule has 0 fully saturated rings. The average molecular weight is 494 g/mol. The number of carbonyl (C=O) groups is 1. The predicted octanol–water partition coefficient (Wildman–Crippen LogP) is 3.68. The van der Waals surface area contributed by atoms with E-state index in [4.69, 9.17) is 0 Å². The molecule has 2 aromatic carbocycles. The van der Waals surface area contributed by atoms with E-state index in [-0.39, 0.29) is 21.8 Å². The monoisotopic (exact) mass is 493 g/mol. The highest BCUT2D eigenvalue weighted by atomic mass is 32.2. The summed E-state index contributed by atoms with van der Waals surface area (Å²) in [4.78, 5) is 28.7. The lowest BCUT2D eigenvalue weighted by molar-refractivity contribution is 0.102. The van der Waals surface area contributed by atoms with Crippen LogP contribution >= 0.6 is 0 Å². The van der Waals surface area contributed by atoms with Crippen LogP contribution in [0.5, 0.6) is 0 Å². The van der Waals surface area contributed by atoms with Crippen molar-refractivity contribution in [1.29, 1.82) is 0 Å². The van der Waals surface area contributed by atoms with E-state index in [0.717, 1.165) is 12.0 Å². The van der Waals surface area contributed by atoms with Gasteiger partial charge in [-0.05, 0) is 48.7 Å². The summed E-state index contributed by atoms with van der Waals surface area (Å²) >= 11 is 0. The van der Waals surface area contributed by atoms with Gasteiger partial charge in [-0.15, -0.1) is 0 Å². The van der Waals surface area contributed by atoms with Crippen molar-refractivity contribution in [3.05, 3.63) is 94.2 Å². The maximum Gasteiger partial charge on any atom is 0.295 e. The Kier molecular flexibility index (Phi) is 6.65. The third kappa shape index (κ3) is 4.78. The van der Waals surface area contributed by atoms with Gasteiger partial charge in [-0.2, -0.15) is 0 Å². The second-order valence-electron chi connectivity index (χ2n) is 8.01. The van der Waals surface area contributed by atoms with E-state index in [2.05, 4.69) is 15.0 Å². The van der Waals surface area contributed by atoms with Crippen LogP contribution in [-0.4, -0.2) is 28.7 Å². The lowest BCUT2D eigenvalue weighted by Crippen LogP contribution is -2.23. The topological polar surface area (TPSA) is 118 Å². The Morgan fingerprint density at radius 1 is 1.00 bits per heavy atom. The lowest BCUT2D eigenvalue weighted by Gasteiger charge is -2.08. The van der Waals surface area contributed by atoms with Crippen LogP contribution in [0.4, 0.5) is 11.4 Å². The average Bonchev–Trinajstić information content (AvgIpc) is 3.44. The van der Waals surface area contributed by atoms with E-state index in [1.165, 1.54) is 16.9 Å². The van der Waals surface area contributed by atoms with Gasteiger partial charge >= 0.3 is 0 Å². The van der Waals surface area contributed by atoms with Crippen LogP contribution in [0.1, 0.15) is 35.6 Å². The molecule has 35 heavy (non-hydrogen) atoms. The second-order valence-corrected chi connectivity index (χ2v) is 9.70. The molecule has 0 aliphatic heterocycles. The Bertz CT molecular complexity index is 1530. The molecule has 0 bridgehead atoms. The molecule has 2 heterocycles. The molecule has 0 saturated heterocycles. The third-order valence-corrected chi connectivity index (χ3v) is 7.12. The molecule has 4 rings (SSSR count). The minimum atomic E-state index is -3.91. The SMILES string of the molecule is CCc1cccc(NS(=O)(=O)c2c[nH]c(C(=O)Nc3c(CC)n(C)n(-c4ccccc4)c3=O)c2)c1. The fraction of sp³-hybridized carbons (Fsp3) is 0.200. The molecular formula is C25H27N5O4S. The number of sulfonamides is 1. The summed E-state index contributed by atoms with van der Waals surface area (Å²) in [6.07, 6.45) is 2.52. The number of nitrogens with zero attached hydrogens (tertiary/aromatic N) is 2. The van der Waals surface area contributed by atoms with Gasteiger partial charge in [-0.1, -0.05) is 44.2 Å². The van der Waals surface area contributed by atoms with Gasteiger partial charge < -0.3 is 10.3 Å². The Labute approximate surface area is 203 Å². The van der Waals surface area contributed by atoms with Crippen molar-refractivity contribution in [2.75, 3.05) is 10.0 Å². The predicted molar refractivity (Wildman–Crippen MR) is 136 cm³/mol. The first kappa shape index (κ1) is 24.1. The van der Waals surface area contributed by atoms with Gasteiger partial charge in [0.15, 0.2) is 0 Å². The summed E-state index contributed by atoms with van der Waals surface area (Å²) in [5.41, 5.74) is 2.54. The Morgan fingerprint density at radius 2 is 1.74 bits per heavy atom. The van der Waals surface area contributed by atoms with E-state index in [9.17, 15) is 18.0 Å². The number of benzene rings is 2. The first-order chi connectivity index (χ1) is 16.7. The second kappa shape index (κ2) is 9.67. The Morgan fingerprint density at radius 3 is 2.43 bits per heavy atom. The molecule has 0 aliphatic rings. The molecule has 0 atom stereocenters. The van der Waals surface area contributed by atoms with Gasteiger partial charge in [0.2, 0.25) is 0 Å². The molecule has 1 amide bonds. The minimum Gasteiger partial charge on any atom is -0.356 e. The van der Waals surface area contributed by atoms with Crippen LogP contribution in [0.15, 0.2) is 76.6 Å². The number of anilines is 2. The molecule has 4 aromatic rings. The number of nitrogens with one attached hydrogen (secondary N) is 3. The fourth-order valence-electron chi connectivity index (χ4n) is 3.95. The molecule has 0 radical (unpaired) electrons. The zero-order chi connectivity index (χ0) is 25.2. The van der Waals surface area contributed by atoms with E-state index in [1.807, 2.05) is 38.1 Å². The number of aromatic nitrogens is 3. The van der Waals surface area contributed by atoms with Crippen molar-refractivity contribution in [3.63, 3.8) is 0 Å². The quantitative estimate of drug-likeness (QED) is 0.347. The third-order valence-electron chi connectivity index (χ3n) is 5.76. The highest BCUT2D eigenvalue weighted by Crippen LogP contribution is 2.20. The normalized spacial score (nSPS) is 11.4. The van der Waals surface area contributed by atoms with Gasteiger partial charge in [0, 0.05) is 18.9 Å². The van der Waals surface area contributed by atoms with Crippen molar-refractivity contribution < 1.29 is 13.2 Å². The summed E-state index contributed by atoms with van der Waals surface area (Å²) in [6, 6.07) is 17.5. The van der Waals surface area contributed by atoms with Gasteiger partial charge in [0.05, 0.1) is 11.4 Å². The van der Waals surface area contributed by atoms with Crippen LogP contribution in [0.25, 0.3) is 5.69 Å². The number of H-pyrrole nitrogens is 1. The van der Waals surface area contributed by atoms with Crippen LogP contribution < -0.4 is 15.6 Å². The summed E-state index contributed by atoms with van der Waals surface area (Å²) in [5.74, 6) is -0.614. The molecule has 3 N–H and O–H groups in total. The van der Waals surface area contributed by atoms with Crippen LogP contribution in [0.2, 0.25) is 0 Å². The highest BCUT2D eigenvalue weighted by Gasteiger charge is 2.23. The fourth-order valence-corrected chi connectivity index (χ4v) is 4.99. The number of amides is 1. The largest absolute Gasteiger partial charge is 0.356 e. The van der Waals surface area contributed by atoms with Crippen LogP contribution in [0.3, 0.4) is 0 Å². The summed E-state index contributed by atoms with van der Waals surface area (Å²) in [5, 5.41) is 2.67. The number of aryl methyl sites for hydroxylation is 1. The zero-order valence-corrected chi connectivity index (χ0v) is 20.5. The smallest absolute Gasteiger partial charge is 0.295 e. The number of carbonyl (C=O) groups excluding carboxylic acids is 1. The minimum absolute atomic E-state index is 0.0178. The summed E-state index contributed by atoms with van der Waals surface area (Å²) in [7, 11) is -2.16. The van der Waals surface area contributed by atoms with Gasteiger partial charge in [-0.25, -0.2) is 13.1 Å². The van der Waals surface area contributed by atoms with E-state index in [0.29, 0.717) is 23.5 Å².